The molecular weight excluding hydrogens is 759 g/mol. The van der Waals surface area contributed by atoms with E-state index in [0.29, 0.717) is 0 Å². The van der Waals surface area contributed by atoms with Crippen molar-refractivity contribution in [1.82, 2.24) is 0 Å². The van der Waals surface area contributed by atoms with Gasteiger partial charge in [0, 0.05) is 23.3 Å². The van der Waals surface area contributed by atoms with E-state index in [0.717, 1.165) is 37.1 Å². The summed E-state index contributed by atoms with van der Waals surface area (Å²) in [6, 6.07) is 9.80. The Morgan fingerprint density at radius 1 is 0.356 bits per heavy atom. The molecule has 0 N–H and O–H groups in total. The summed E-state index contributed by atoms with van der Waals surface area (Å²) in [6.45, 7) is 18.4. The van der Waals surface area contributed by atoms with E-state index in [-0.39, 0.29) is 0 Å². The third-order valence-electron chi connectivity index (χ3n) is 12.2. The molecule has 3 rings (SSSR count). The van der Waals surface area contributed by atoms with Crippen LogP contribution in [0.25, 0.3) is 16.9 Å². The maximum atomic E-state index is 12.0. The molecule has 0 fully saturated rings. The summed E-state index contributed by atoms with van der Waals surface area (Å²) in [4.78, 5) is 0. The van der Waals surface area contributed by atoms with Crippen molar-refractivity contribution in [3.8, 4) is 0 Å². The van der Waals surface area contributed by atoms with Crippen molar-refractivity contribution in [3.63, 3.8) is 0 Å². The Hall–Kier alpha value is -1.99. The zero-order chi connectivity index (χ0) is 42.9. The molecule has 1 heterocycles. The number of nitrogens with zero attached hydrogens (tertiary/aromatic N) is 2. The summed E-state index contributed by atoms with van der Waals surface area (Å²) in [6.07, 6.45) is 42.4. The first kappa shape index (κ1) is 53.2. The molecule has 2 aromatic rings. The first-order valence-electron chi connectivity index (χ1n) is 25.6. The van der Waals surface area contributed by atoms with E-state index in [1.807, 2.05) is 14.4 Å². The third kappa shape index (κ3) is 20.6. The second kappa shape index (κ2) is 34.6. The number of unbranched alkanes of at least 4 members (excludes halogenated alkanes) is 16. The van der Waals surface area contributed by atoms with Crippen molar-refractivity contribution in [2.45, 2.75) is 259 Å². The molecule has 0 aliphatic carbocycles. The Morgan fingerprint density at radius 2 is 0.627 bits per heavy atom. The van der Waals surface area contributed by atoms with Crippen molar-refractivity contribution >= 4 is 11.4 Å². The number of benzene rings is 2. The van der Waals surface area contributed by atoms with Crippen LogP contribution in [0.15, 0.2) is 36.4 Å². The van der Waals surface area contributed by atoms with E-state index in [1.54, 1.807) is 11.1 Å². The van der Waals surface area contributed by atoms with Gasteiger partial charge >= 0.3 is 64.8 Å². The van der Waals surface area contributed by atoms with Crippen LogP contribution in [0.1, 0.15) is 254 Å². The fraction of sp³-hybridized carbons (Fsp3) is 0.714. The molecule has 2 nitrogen and oxygen atoms in total. The van der Waals surface area contributed by atoms with Crippen LogP contribution in [-0.2, 0) is 53.0 Å². The van der Waals surface area contributed by atoms with Crippen LogP contribution in [0.2, 0.25) is 10.8 Å². The molecule has 59 heavy (non-hydrogen) atoms. The van der Waals surface area contributed by atoms with Crippen LogP contribution < -0.4 is 0 Å². The Kier molecular flexibility index (Phi) is 31.2. The van der Waals surface area contributed by atoms with Crippen molar-refractivity contribution in [3.05, 3.63) is 86.5 Å². The van der Waals surface area contributed by atoms with Gasteiger partial charge in [0.1, 0.15) is 0 Å². The van der Waals surface area contributed by atoms with Gasteiger partial charge in [-0.05, 0) is 135 Å². The fourth-order valence-corrected chi connectivity index (χ4v) is 9.91. The minimum atomic E-state index is 0.940. The monoisotopic (exact) mass is 853 g/mol. The maximum absolute atomic E-state index is 12.0. The summed E-state index contributed by atoms with van der Waals surface area (Å²) in [7, 11) is 0. The molecular formula is C56H94N2Ni. The molecule has 0 saturated heterocycles. The first-order chi connectivity index (χ1) is 28.9. The zero-order valence-electron chi connectivity index (χ0n) is 40.3. The number of allylic oxidation sites excluding steroid dienone is 2. The summed E-state index contributed by atoms with van der Waals surface area (Å²) in [5.74, 6) is 0. The first-order valence-corrected chi connectivity index (χ1v) is 27.0. The molecule has 1 aliphatic heterocycles. The second-order valence-corrected chi connectivity index (χ2v) is 19.1. The average molecular weight is 854 g/mol. The molecule has 0 atom stereocenters. The van der Waals surface area contributed by atoms with E-state index in [9.17, 15) is 5.53 Å². The molecule has 0 aromatic heterocycles. The van der Waals surface area contributed by atoms with Crippen LogP contribution >= 0.6 is 0 Å². The van der Waals surface area contributed by atoms with Crippen LogP contribution in [-0.4, -0.2) is 4.70 Å². The summed E-state index contributed by atoms with van der Waals surface area (Å²) in [5, 5.41) is 2.78. The molecule has 0 radical (unpaired) electrons. The topological polar surface area (TPSA) is 25.3 Å². The van der Waals surface area contributed by atoms with Crippen LogP contribution in [0.4, 0.5) is 0 Å². The van der Waals surface area contributed by atoms with E-state index in [2.05, 4.69) is 91.8 Å². The van der Waals surface area contributed by atoms with Crippen LogP contribution in [0.5, 0.6) is 0 Å². The van der Waals surface area contributed by atoms with Gasteiger partial charge in [0.15, 0.2) is 0 Å². The van der Waals surface area contributed by atoms with Crippen LogP contribution in [0, 0.1) is 0 Å². The fourth-order valence-electron chi connectivity index (χ4n) is 8.47. The van der Waals surface area contributed by atoms with Crippen molar-refractivity contribution in [1.29, 1.82) is 0 Å². The number of hydrogen-bond acceptors (Lipinski definition) is 0. The van der Waals surface area contributed by atoms with Gasteiger partial charge in [-0.3, -0.25) is 0 Å². The van der Waals surface area contributed by atoms with Crippen LogP contribution in [0.3, 0.4) is 0 Å². The minimum absolute atomic E-state index is 0.940. The molecule has 0 bridgehead atoms. The van der Waals surface area contributed by atoms with E-state index >= 15 is 0 Å². The molecule has 2 aromatic carbocycles. The van der Waals surface area contributed by atoms with Gasteiger partial charge < -0.3 is 5.53 Å². The summed E-state index contributed by atoms with van der Waals surface area (Å²) < 4.78 is 1.53. The van der Waals surface area contributed by atoms with Gasteiger partial charge in [0.2, 0.25) is 11.4 Å². The SMILES string of the molecule is CCCCCCc1c(CCCCC)cc(C2=CC=C(c3cc(CCCCC)c(CCCCCC)c(CCCCC)c3)[N+]2=[N-])cc1CCCCC.CCC[CH2][Ni][CH2]CCC. The van der Waals surface area contributed by atoms with Gasteiger partial charge in [-0.1, -0.05) is 131 Å². The van der Waals surface area contributed by atoms with Gasteiger partial charge in [-0.15, -0.1) is 0 Å². The Balaban J connectivity index is 0.00000119. The van der Waals surface area contributed by atoms with Crippen molar-refractivity contribution < 1.29 is 19.1 Å². The van der Waals surface area contributed by atoms with E-state index in [1.165, 1.54) is 216 Å². The standard InChI is InChI=1S/C48H76N2.2C4H9.Ni/c1-7-13-19-25-31-45-39(27-21-15-9-3)35-43(36-40(45)28-22-16-10-4)47-33-34-48(50(47)49)44-37-41(29-23-17-11-5)46(32-26-20-14-8-2)42(38-44)30-24-18-12-6;2*1-3-4-2;/h33-38H,7-32H2,1-6H3;2*1,3-4H2,2H3;. The zero-order valence-corrected chi connectivity index (χ0v) is 41.3. The van der Waals surface area contributed by atoms with Crippen molar-refractivity contribution in [2.75, 3.05) is 0 Å². The number of hydrogen-bond donors (Lipinski definition) is 0. The summed E-state index contributed by atoms with van der Waals surface area (Å²) in [5.41, 5.74) is 25.6. The normalized spacial score (nSPS) is 12.6. The van der Waals surface area contributed by atoms with Crippen molar-refractivity contribution in [2.24, 2.45) is 0 Å². The van der Waals surface area contributed by atoms with E-state index < -0.39 is 0 Å². The molecule has 1 aliphatic rings. The molecule has 338 valence electrons. The third-order valence-corrected chi connectivity index (χ3v) is 13.6. The summed E-state index contributed by atoms with van der Waals surface area (Å²) >= 11 is 1.94. The van der Waals surface area contributed by atoms with Gasteiger partial charge in [-0.2, -0.15) is 0 Å². The number of aryl methyl sites for hydroxylation is 4. The molecule has 0 unspecified atom stereocenters. The molecule has 0 spiro atoms. The average Bonchev–Trinajstić information content (AvgIpc) is 3.63. The van der Waals surface area contributed by atoms with E-state index in [4.69, 9.17) is 0 Å². The quantitative estimate of drug-likeness (QED) is 0.0381. The van der Waals surface area contributed by atoms with Gasteiger partial charge in [0.05, 0.1) is 0 Å². The molecule has 0 amide bonds. The molecule has 0 saturated carbocycles. The predicted molar refractivity (Wildman–Crippen MR) is 260 cm³/mol. The Morgan fingerprint density at radius 3 is 0.915 bits per heavy atom. The Labute approximate surface area is 374 Å². The van der Waals surface area contributed by atoms with Gasteiger partial charge in [0.25, 0.3) is 0 Å². The van der Waals surface area contributed by atoms with Gasteiger partial charge in [-0.25, -0.2) is 4.70 Å². The predicted octanol–water partition coefficient (Wildman–Crippen LogP) is 18.8. The Bertz CT molecular complexity index is 1290. The molecule has 3 heteroatoms. The second-order valence-electron chi connectivity index (χ2n) is 17.6. The number of rotatable bonds is 34.